The Morgan fingerprint density at radius 1 is 1.37 bits per heavy atom. The lowest BCUT2D eigenvalue weighted by atomic mass is 9.88. The molecule has 1 fully saturated rings. The molecule has 1 aromatic rings. The van der Waals surface area contributed by atoms with Crippen molar-refractivity contribution in [2.24, 2.45) is 5.41 Å². The molecular weight excluding hydrogens is 373 g/mol. The number of alkyl halides is 3. The lowest BCUT2D eigenvalue weighted by Gasteiger charge is -2.24. The van der Waals surface area contributed by atoms with Crippen molar-refractivity contribution in [3.8, 4) is 0 Å². The summed E-state index contributed by atoms with van der Waals surface area (Å²) in [5.41, 5.74) is -0.849. The highest BCUT2D eigenvalue weighted by atomic mass is 19.4. The van der Waals surface area contributed by atoms with Crippen molar-refractivity contribution in [3.63, 3.8) is 0 Å². The summed E-state index contributed by atoms with van der Waals surface area (Å²) in [4.78, 5) is 32.8. The third-order valence-corrected chi connectivity index (χ3v) is 3.82. The number of methoxy groups -OCH3 is 1. The van der Waals surface area contributed by atoms with E-state index in [4.69, 9.17) is 14.6 Å². The minimum atomic E-state index is -5.08. The zero-order valence-corrected chi connectivity index (χ0v) is 15.0. The first kappa shape index (κ1) is 22.4. The van der Waals surface area contributed by atoms with E-state index in [1.165, 1.54) is 7.11 Å². The van der Waals surface area contributed by atoms with E-state index in [9.17, 15) is 23.1 Å². The molecule has 0 bridgehead atoms. The quantitative estimate of drug-likeness (QED) is 0.757. The van der Waals surface area contributed by atoms with Gasteiger partial charge in [-0.1, -0.05) is 0 Å². The fourth-order valence-electron chi connectivity index (χ4n) is 2.43. The molecule has 1 unspecified atom stereocenters. The molecule has 0 radical (unpaired) electrons. The number of aromatic nitrogens is 2. The van der Waals surface area contributed by atoms with Crippen LogP contribution in [0.15, 0.2) is 12.3 Å². The highest BCUT2D eigenvalue weighted by Gasteiger charge is 2.45. The molecule has 2 heterocycles. The van der Waals surface area contributed by atoms with E-state index in [1.807, 2.05) is 23.9 Å². The van der Waals surface area contributed by atoms with Gasteiger partial charge in [-0.3, -0.25) is 4.79 Å². The number of rotatable bonds is 5. The average Bonchev–Trinajstić information content (AvgIpc) is 3.01. The number of carboxylic acid groups (broad SMARTS) is 2. The maximum absolute atomic E-state index is 11.5. The Morgan fingerprint density at radius 3 is 2.41 bits per heavy atom. The molecule has 2 N–H and O–H groups in total. The van der Waals surface area contributed by atoms with Gasteiger partial charge >= 0.3 is 18.1 Å². The van der Waals surface area contributed by atoms with Gasteiger partial charge < -0.3 is 24.7 Å². The molecule has 0 amide bonds. The van der Waals surface area contributed by atoms with Crippen molar-refractivity contribution in [3.05, 3.63) is 12.3 Å². The van der Waals surface area contributed by atoms with Crippen LogP contribution in [0.4, 0.5) is 24.9 Å². The molecule has 27 heavy (non-hydrogen) atoms. The van der Waals surface area contributed by atoms with E-state index in [1.54, 1.807) is 12.3 Å². The van der Waals surface area contributed by atoms with E-state index in [0.29, 0.717) is 25.5 Å². The van der Waals surface area contributed by atoms with Gasteiger partial charge in [0, 0.05) is 40.5 Å². The van der Waals surface area contributed by atoms with E-state index in [0.717, 1.165) is 5.82 Å². The molecule has 1 saturated heterocycles. The van der Waals surface area contributed by atoms with Crippen molar-refractivity contribution in [1.82, 2.24) is 9.97 Å². The number of hydrogen-bond acceptors (Lipinski definition) is 7. The van der Waals surface area contributed by atoms with Crippen molar-refractivity contribution >= 4 is 23.7 Å². The highest BCUT2D eigenvalue weighted by molar-refractivity contribution is 5.77. The number of hydrogen-bond donors (Lipinski definition) is 2. The Hall–Kier alpha value is -2.63. The van der Waals surface area contributed by atoms with Crippen LogP contribution in [0.25, 0.3) is 0 Å². The monoisotopic (exact) mass is 394 g/mol. The zero-order valence-electron chi connectivity index (χ0n) is 15.0. The number of anilines is 2. The van der Waals surface area contributed by atoms with Crippen LogP contribution in [-0.4, -0.2) is 79.2 Å². The third kappa shape index (κ3) is 5.94. The standard InChI is InChI=1S/C13H20N4O3.C2HF3O2/c1-16(2)12-14-6-4-10(15-12)17-7-5-13(8-17,9-20-3)11(18)19;3-2(4,5)1(6)7/h4,6H,5,7-9H2,1-3H3,(H,18,19);(H,6,7). The van der Waals surface area contributed by atoms with E-state index >= 15 is 0 Å². The summed E-state index contributed by atoms with van der Waals surface area (Å²) in [5, 5.41) is 16.6. The van der Waals surface area contributed by atoms with Crippen LogP contribution < -0.4 is 9.80 Å². The second kappa shape index (κ2) is 8.84. The highest BCUT2D eigenvalue weighted by Crippen LogP contribution is 2.33. The summed E-state index contributed by atoms with van der Waals surface area (Å²) < 4.78 is 36.8. The number of carbonyl (C=O) groups is 2. The molecule has 12 heteroatoms. The topological polar surface area (TPSA) is 116 Å². The van der Waals surface area contributed by atoms with Gasteiger partial charge in [0.2, 0.25) is 5.95 Å². The van der Waals surface area contributed by atoms with E-state index in [-0.39, 0.29) is 6.61 Å². The summed E-state index contributed by atoms with van der Waals surface area (Å²) in [6.45, 7) is 1.27. The number of aliphatic carboxylic acids is 2. The predicted molar refractivity (Wildman–Crippen MR) is 88.8 cm³/mol. The maximum Gasteiger partial charge on any atom is 0.490 e. The molecule has 0 aromatic carbocycles. The van der Waals surface area contributed by atoms with E-state index in [2.05, 4.69) is 9.97 Å². The molecular formula is C15H21F3N4O5. The van der Waals surface area contributed by atoms with Crippen molar-refractivity contribution in [2.75, 3.05) is 50.7 Å². The Labute approximate surface area is 153 Å². The first-order valence-corrected chi connectivity index (χ1v) is 7.71. The summed E-state index contributed by atoms with van der Waals surface area (Å²) >= 11 is 0. The minimum absolute atomic E-state index is 0.213. The number of halogens is 3. The molecule has 1 aliphatic heterocycles. The Kier molecular flexibility index (Phi) is 7.34. The van der Waals surface area contributed by atoms with Crippen LogP contribution in [-0.2, 0) is 14.3 Å². The first-order valence-electron chi connectivity index (χ1n) is 7.71. The number of carboxylic acids is 2. The number of nitrogens with zero attached hydrogens (tertiary/aromatic N) is 4. The fourth-order valence-corrected chi connectivity index (χ4v) is 2.43. The average molecular weight is 394 g/mol. The zero-order chi connectivity index (χ0) is 20.8. The van der Waals surface area contributed by atoms with Crippen molar-refractivity contribution in [1.29, 1.82) is 0 Å². The van der Waals surface area contributed by atoms with Crippen LogP contribution in [0.3, 0.4) is 0 Å². The largest absolute Gasteiger partial charge is 0.490 e. The Bertz CT molecular complexity index is 671. The summed E-state index contributed by atoms with van der Waals surface area (Å²) in [7, 11) is 5.27. The van der Waals surface area contributed by atoms with Gasteiger partial charge in [-0.05, 0) is 12.5 Å². The summed E-state index contributed by atoms with van der Waals surface area (Å²) in [5.74, 6) is -2.21. The molecule has 1 aromatic heterocycles. The molecule has 2 rings (SSSR count). The lowest BCUT2D eigenvalue weighted by Crippen LogP contribution is -2.38. The molecule has 0 aliphatic carbocycles. The Morgan fingerprint density at radius 2 is 1.96 bits per heavy atom. The second-order valence-electron chi connectivity index (χ2n) is 6.10. The first-order chi connectivity index (χ1) is 12.4. The summed E-state index contributed by atoms with van der Waals surface area (Å²) in [6, 6.07) is 1.80. The lowest BCUT2D eigenvalue weighted by molar-refractivity contribution is -0.192. The predicted octanol–water partition coefficient (Wildman–Crippen LogP) is 1.10. The van der Waals surface area contributed by atoms with Gasteiger partial charge in [-0.25, -0.2) is 9.78 Å². The van der Waals surface area contributed by atoms with E-state index < -0.39 is 23.5 Å². The summed E-state index contributed by atoms with van der Waals surface area (Å²) in [6.07, 6.45) is -2.84. The molecule has 9 nitrogen and oxygen atoms in total. The van der Waals surface area contributed by atoms with Gasteiger partial charge in [0.25, 0.3) is 0 Å². The molecule has 1 aliphatic rings. The van der Waals surface area contributed by atoms with Crippen LogP contribution in [0.5, 0.6) is 0 Å². The molecule has 1 atom stereocenters. The van der Waals surface area contributed by atoms with Gasteiger partial charge in [-0.2, -0.15) is 18.2 Å². The van der Waals surface area contributed by atoms with Gasteiger partial charge in [-0.15, -0.1) is 0 Å². The Balaban J connectivity index is 0.000000445. The molecule has 0 saturated carbocycles. The molecule has 0 spiro atoms. The van der Waals surface area contributed by atoms with Gasteiger partial charge in [0.1, 0.15) is 11.2 Å². The van der Waals surface area contributed by atoms with Crippen molar-refractivity contribution < 1.29 is 37.7 Å². The normalized spacial score (nSPS) is 19.3. The molecule has 152 valence electrons. The van der Waals surface area contributed by atoms with Gasteiger partial charge in [0.15, 0.2) is 0 Å². The smallest absolute Gasteiger partial charge is 0.481 e. The van der Waals surface area contributed by atoms with Crippen LogP contribution >= 0.6 is 0 Å². The van der Waals surface area contributed by atoms with Crippen LogP contribution in [0, 0.1) is 5.41 Å². The van der Waals surface area contributed by atoms with Crippen molar-refractivity contribution in [2.45, 2.75) is 12.6 Å². The minimum Gasteiger partial charge on any atom is -0.481 e. The second-order valence-corrected chi connectivity index (χ2v) is 6.10. The van der Waals surface area contributed by atoms with Crippen LogP contribution in [0.2, 0.25) is 0 Å². The van der Waals surface area contributed by atoms with Crippen LogP contribution in [0.1, 0.15) is 6.42 Å². The fraction of sp³-hybridized carbons (Fsp3) is 0.600. The number of ether oxygens (including phenoxy) is 1. The van der Waals surface area contributed by atoms with Gasteiger partial charge in [0.05, 0.1) is 6.61 Å². The SMILES string of the molecule is COCC1(C(=O)O)CCN(c2ccnc(N(C)C)n2)C1.O=C(O)C(F)(F)F. The maximum atomic E-state index is 11.5. The third-order valence-electron chi connectivity index (χ3n) is 3.82.